The van der Waals surface area contributed by atoms with Gasteiger partial charge in [0, 0.05) is 13.0 Å². The van der Waals surface area contributed by atoms with Crippen molar-refractivity contribution in [1.29, 1.82) is 0 Å². The minimum Gasteiger partial charge on any atom is -0.501 e. The van der Waals surface area contributed by atoms with E-state index in [1.54, 1.807) is 0 Å². The fraction of sp³-hybridized carbons (Fsp3) is 0.833. The highest BCUT2D eigenvalue weighted by Crippen LogP contribution is 2.39. The van der Waals surface area contributed by atoms with Gasteiger partial charge in [0.15, 0.2) is 0 Å². The largest absolute Gasteiger partial charge is 0.501 e. The first kappa shape index (κ1) is 20.0. The predicted octanol–water partition coefficient (Wildman–Crippen LogP) is 4.53. The summed E-state index contributed by atoms with van der Waals surface area (Å²) in [4.78, 5) is 12.1. The molecule has 1 atom stereocenters. The molecule has 3 heteroatoms. The number of carbonyl (C=O) groups excluding carboxylic acids is 1. The van der Waals surface area contributed by atoms with Crippen LogP contribution in [0.3, 0.4) is 0 Å². The molecule has 21 heavy (non-hydrogen) atoms. The lowest BCUT2D eigenvalue weighted by Gasteiger charge is -2.36. The number of hydrogen-bond donors (Lipinski definition) is 1. The van der Waals surface area contributed by atoms with E-state index in [9.17, 15) is 4.79 Å². The van der Waals surface area contributed by atoms with Crippen molar-refractivity contribution in [2.24, 2.45) is 16.7 Å². The van der Waals surface area contributed by atoms with E-state index in [1.165, 1.54) is 6.26 Å². The van der Waals surface area contributed by atoms with E-state index in [-0.39, 0.29) is 16.7 Å². The summed E-state index contributed by atoms with van der Waals surface area (Å²) in [6.07, 6.45) is 5.06. The molecule has 0 spiro atoms. The van der Waals surface area contributed by atoms with Crippen LogP contribution in [0.5, 0.6) is 0 Å². The summed E-state index contributed by atoms with van der Waals surface area (Å²) < 4.78 is 5.35. The predicted molar refractivity (Wildman–Crippen MR) is 90.0 cm³/mol. The van der Waals surface area contributed by atoms with Crippen LogP contribution in [0.2, 0.25) is 0 Å². The van der Waals surface area contributed by atoms with Gasteiger partial charge in [-0.25, -0.2) is 0 Å². The highest BCUT2D eigenvalue weighted by molar-refractivity contribution is 5.76. The topological polar surface area (TPSA) is 38.3 Å². The monoisotopic (exact) mass is 297 g/mol. The average Bonchev–Trinajstić information content (AvgIpc) is 2.35. The van der Waals surface area contributed by atoms with Crippen molar-refractivity contribution in [3.63, 3.8) is 0 Å². The van der Waals surface area contributed by atoms with E-state index in [2.05, 4.69) is 53.4 Å². The van der Waals surface area contributed by atoms with Gasteiger partial charge in [-0.15, -0.1) is 0 Å². The zero-order valence-electron chi connectivity index (χ0n) is 14.9. The van der Waals surface area contributed by atoms with Crippen LogP contribution in [0, 0.1) is 16.7 Å². The number of ether oxygens (including phenoxy) is 1. The molecule has 0 saturated heterocycles. The number of amides is 1. The second kappa shape index (κ2) is 9.11. The Hall–Kier alpha value is -0.990. The molecule has 0 aromatic rings. The van der Waals surface area contributed by atoms with E-state index >= 15 is 0 Å². The molecule has 124 valence electrons. The molecular weight excluding hydrogens is 262 g/mol. The number of carbonyl (C=O) groups is 1. The molecule has 1 N–H and O–H groups in total. The third-order valence-corrected chi connectivity index (χ3v) is 3.98. The summed E-state index contributed by atoms with van der Waals surface area (Å²) in [5.41, 5.74) is 0.0487. The molecule has 0 aliphatic carbocycles. The van der Waals surface area contributed by atoms with Crippen molar-refractivity contribution < 1.29 is 9.53 Å². The normalized spacial score (nSPS) is 14.6. The Labute approximate surface area is 131 Å². The Balaban J connectivity index is 4.44. The summed E-state index contributed by atoms with van der Waals surface area (Å²) in [5.74, 6) is 0.790. The maximum atomic E-state index is 12.1. The van der Waals surface area contributed by atoms with Crippen molar-refractivity contribution in [2.75, 3.05) is 13.2 Å². The molecule has 0 aromatic carbocycles. The fourth-order valence-electron chi connectivity index (χ4n) is 2.75. The highest BCUT2D eigenvalue weighted by atomic mass is 16.5. The van der Waals surface area contributed by atoms with Gasteiger partial charge >= 0.3 is 0 Å². The highest BCUT2D eigenvalue weighted by Gasteiger charge is 2.33. The minimum atomic E-state index is 0.00987. The van der Waals surface area contributed by atoms with Gasteiger partial charge in [-0.05, 0) is 29.6 Å². The Morgan fingerprint density at radius 3 is 2.43 bits per heavy atom. The minimum absolute atomic E-state index is 0.00987. The van der Waals surface area contributed by atoms with Gasteiger partial charge in [-0.3, -0.25) is 4.79 Å². The average molecular weight is 297 g/mol. The Morgan fingerprint density at radius 2 is 1.95 bits per heavy atom. The van der Waals surface area contributed by atoms with Gasteiger partial charge < -0.3 is 10.1 Å². The quantitative estimate of drug-likeness (QED) is 0.569. The van der Waals surface area contributed by atoms with Gasteiger partial charge in [-0.2, -0.15) is 0 Å². The van der Waals surface area contributed by atoms with E-state index in [1.807, 2.05) is 0 Å². The van der Waals surface area contributed by atoms with Gasteiger partial charge in [0.25, 0.3) is 0 Å². The van der Waals surface area contributed by atoms with Gasteiger partial charge in [-0.1, -0.05) is 54.5 Å². The van der Waals surface area contributed by atoms with Crippen LogP contribution in [-0.4, -0.2) is 19.1 Å². The van der Waals surface area contributed by atoms with Crippen LogP contribution in [0.1, 0.15) is 67.2 Å². The van der Waals surface area contributed by atoms with Crippen LogP contribution in [-0.2, 0) is 9.53 Å². The Morgan fingerprint density at radius 1 is 1.33 bits per heavy atom. The van der Waals surface area contributed by atoms with Gasteiger partial charge in [0.2, 0.25) is 5.91 Å². The molecule has 0 saturated carbocycles. The first-order valence-corrected chi connectivity index (χ1v) is 8.13. The standard InChI is InChI=1S/C18H35NO2/c1-8-18(7,13-17(5,6)14-21-9-2)12-16(20)19-11-10-15(3)4/h9,15H,2,8,10-14H2,1,3-7H3,(H,19,20). The molecule has 3 nitrogen and oxygen atoms in total. The van der Waals surface area contributed by atoms with Crippen molar-refractivity contribution in [3.05, 3.63) is 12.8 Å². The zero-order chi connectivity index (χ0) is 16.5. The van der Waals surface area contributed by atoms with Gasteiger partial charge in [0.1, 0.15) is 0 Å². The lowest BCUT2D eigenvalue weighted by Crippen LogP contribution is -2.35. The van der Waals surface area contributed by atoms with Crippen molar-refractivity contribution >= 4 is 5.91 Å². The Bertz CT molecular complexity index is 323. The summed E-state index contributed by atoms with van der Waals surface area (Å²) in [5, 5.41) is 3.05. The molecular formula is C18H35NO2. The number of rotatable bonds is 11. The maximum Gasteiger partial charge on any atom is 0.220 e. The SMILES string of the molecule is C=COCC(C)(C)CC(C)(CC)CC(=O)NCCC(C)C. The zero-order valence-corrected chi connectivity index (χ0v) is 14.9. The van der Waals surface area contributed by atoms with Crippen LogP contribution in [0.4, 0.5) is 0 Å². The fourth-order valence-corrected chi connectivity index (χ4v) is 2.75. The smallest absolute Gasteiger partial charge is 0.220 e. The van der Waals surface area contributed by atoms with Crippen LogP contribution < -0.4 is 5.32 Å². The molecule has 0 radical (unpaired) electrons. The molecule has 0 aliphatic heterocycles. The summed E-state index contributed by atoms with van der Waals surface area (Å²) in [7, 11) is 0. The third-order valence-electron chi connectivity index (χ3n) is 3.98. The van der Waals surface area contributed by atoms with Crippen LogP contribution in [0.15, 0.2) is 12.8 Å². The molecule has 1 amide bonds. The number of nitrogens with one attached hydrogen (secondary N) is 1. The van der Waals surface area contributed by atoms with E-state index in [0.717, 1.165) is 25.8 Å². The van der Waals surface area contributed by atoms with Crippen molar-refractivity contribution in [3.8, 4) is 0 Å². The first-order valence-electron chi connectivity index (χ1n) is 8.13. The second-order valence-electron chi connectivity index (χ2n) is 7.69. The lowest BCUT2D eigenvalue weighted by molar-refractivity contribution is -0.123. The lowest BCUT2D eigenvalue weighted by atomic mass is 9.71. The van der Waals surface area contributed by atoms with E-state index in [4.69, 9.17) is 4.74 Å². The first-order chi connectivity index (χ1) is 9.64. The van der Waals surface area contributed by atoms with E-state index < -0.39 is 0 Å². The molecule has 0 rings (SSSR count). The van der Waals surface area contributed by atoms with Crippen molar-refractivity contribution in [1.82, 2.24) is 5.32 Å². The van der Waals surface area contributed by atoms with E-state index in [0.29, 0.717) is 18.9 Å². The number of hydrogen-bond acceptors (Lipinski definition) is 2. The summed E-state index contributed by atoms with van der Waals surface area (Å²) in [6, 6.07) is 0. The van der Waals surface area contributed by atoms with Gasteiger partial charge in [0.05, 0.1) is 12.9 Å². The van der Waals surface area contributed by atoms with Crippen LogP contribution >= 0.6 is 0 Å². The summed E-state index contributed by atoms with van der Waals surface area (Å²) in [6.45, 7) is 18.1. The third kappa shape index (κ3) is 9.54. The van der Waals surface area contributed by atoms with Crippen LogP contribution in [0.25, 0.3) is 0 Å². The molecule has 1 unspecified atom stereocenters. The maximum absolute atomic E-state index is 12.1. The molecule has 0 heterocycles. The molecule has 0 aliphatic rings. The van der Waals surface area contributed by atoms with Crippen molar-refractivity contribution in [2.45, 2.75) is 67.2 Å². The Kier molecular flexibility index (Phi) is 8.68. The molecule has 0 bridgehead atoms. The second-order valence-corrected chi connectivity index (χ2v) is 7.69. The molecule has 0 aromatic heterocycles. The molecule has 0 fully saturated rings. The summed E-state index contributed by atoms with van der Waals surface area (Å²) >= 11 is 0.